The monoisotopic (exact) mass is 392 g/mol. The average Bonchev–Trinajstić information content (AvgIpc) is 3.17. The van der Waals surface area contributed by atoms with Crippen molar-refractivity contribution in [1.29, 1.82) is 0 Å². The number of carbonyl (C=O) groups is 1. The number of pyridine rings is 1. The van der Waals surface area contributed by atoms with Gasteiger partial charge in [-0.15, -0.1) is 0 Å². The number of nitrogens with one attached hydrogen (secondary N) is 2. The number of carbonyl (C=O) groups excluding carboxylic acids is 1. The van der Waals surface area contributed by atoms with Gasteiger partial charge in [-0.2, -0.15) is 5.10 Å². The van der Waals surface area contributed by atoms with Crippen LogP contribution in [-0.2, 0) is 10.0 Å². The number of piperidine rings is 1. The summed E-state index contributed by atoms with van der Waals surface area (Å²) < 4.78 is 28.1. The molecule has 2 aromatic rings. The zero-order valence-corrected chi connectivity index (χ0v) is 16.0. The third-order valence-corrected chi connectivity index (χ3v) is 5.98. The fourth-order valence-corrected chi connectivity index (χ4v) is 4.38. The van der Waals surface area contributed by atoms with Gasteiger partial charge in [0.25, 0.3) is 0 Å². The molecule has 0 saturated carbocycles. The molecule has 0 atom stereocenters. The van der Waals surface area contributed by atoms with Crippen LogP contribution >= 0.6 is 0 Å². The van der Waals surface area contributed by atoms with Gasteiger partial charge >= 0.3 is 6.03 Å². The molecule has 146 valence electrons. The number of likely N-dealkylation sites (tertiary alicyclic amines) is 1. The van der Waals surface area contributed by atoms with Crippen LogP contribution in [0.5, 0.6) is 0 Å². The van der Waals surface area contributed by atoms with Crippen molar-refractivity contribution in [2.45, 2.75) is 32.2 Å². The number of urea groups is 1. The molecule has 27 heavy (non-hydrogen) atoms. The summed E-state index contributed by atoms with van der Waals surface area (Å²) in [5, 5.41) is 6.93. The van der Waals surface area contributed by atoms with Crippen molar-refractivity contribution in [3.8, 4) is 5.82 Å². The summed E-state index contributed by atoms with van der Waals surface area (Å²) in [6.45, 7) is 2.84. The summed E-state index contributed by atoms with van der Waals surface area (Å²) in [5.74, 6) is 0.799. The maximum absolute atomic E-state index is 12.4. The zero-order chi connectivity index (χ0) is 19.3. The third-order valence-electron chi connectivity index (χ3n) is 4.34. The molecule has 1 saturated heterocycles. The number of amides is 2. The Morgan fingerprint density at radius 3 is 2.67 bits per heavy atom. The van der Waals surface area contributed by atoms with Gasteiger partial charge < -0.3 is 10.2 Å². The molecule has 0 aromatic carbocycles. The first-order valence-corrected chi connectivity index (χ1v) is 10.6. The van der Waals surface area contributed by atoms with Gasteiger partial charge in [0.1, 0.15) is 0 Å². The molecule has 0 bridgehead atoms. The van der Waals surface area contributed by atoms with Crippen LogP contribution in [0.2, 0.25) is 0 Å². The van der Waals surface area contributed by atoms with Crippen LogP contribution in [0.1, 0.15) is 26.2 Å². The lowest BCUT2D eigenvalue weighted by atomic mass is 10.1. The molecule has 2 N–H and O–H groups in total. The molecule has 1 aliphatic rings. The van der Waals surface area contributed by atoms with Crippen LogP contribution < -0.4 is 10.0 Å². The van der Waals surface area contributed by atoms with E-state index in [0.29, 0.717) is 43.9 Å². The number of rotatable bonds is 6. The molecular weight excluding hydrogens is 368 g/mol. The Morgan fingerprint density at radius 1 is 1.30 bits per heavy atom. The Kier molecular flexibility index (Phi) is 6.07. The quantitative estimate of drug-likeness (QED) is 0.776. The van der Waals surface area contributed by atoms with Crippen molar-refractivity contribution in [2.75, 3.05) is 24.2 Å². The summed E-state index contributed by atoms with van der Waals surface area (Å²) in [6, 6.07) is 5.04. The molecule has 9 nitrogen and oxygen atoms in total. The minimum Gasteiger partial charge on any atom is -0.324 e. The lowest BCUT2D eigenvalue weighted by Gasteiger charge is -2.32. The molecule has 1 fully saturated rings. The van der Waals surface area contributed by atoms with Crippen LogP contribution in [0, 0.1) is 0 Å². The first-order chi connectivity index (χ1) is 13.0. The highest BCUT2D eigenvalue weighted by Crippen LogP contribution is 2.15. The largest absolute Gasteiger partial charge is 0.324 e. The number of aromatic nitrogens is 3. The first kappa shape index (κ1) is 19.3. The second-order valence-electron chi connectivity index (χ2n) is 6.48. The predicted molar refractivity (Wildman–Crippen MR) is 102 cm³/mol. The molecule has 0 unspecified atom stereocenters. The number of anilines is 1. The van der Waals surface area contributed by atoms with Gasteiger partial charge in [0.2, 0.25) is 10.0 Å². The van der Waals surface area contributed by atoms with Crippen molar-refractivity contribution < 1.29 is 13.2 Å². The van der Waals surface area contributed by atoms with Crippen molar-refractivity contribution in [1.82, 2.24) is 24.4 Å². The maximum Gasteiger partial charge on any atom is 0.321 e. The van der Waals surface area contributed by atoms with E-state index in [4.69, 9.17) is 0 Å². The molecule has 3 heterocycles. The SMILES string of the molecule is CCCS(=O)(=O)NC1CCN(C(=O)Nc2ccc(-n3cccn3)nc2)CC1. The van der Waals surface area contributed by atoms with Gasteiger partial charge in [0, 0.05) is 31.5 Å². The summed E-state index contributed by atoms with van der Waals surface area (Å²) in [6.07, 6.45) is 6.84. The van der Waals surface area contributed by atoms with E-state index in [-0.39, 0.29) is 17.8 Å². The normalized spacial score (nSPS) is 15.7. The van der Waals surface area contributed by atoms with Crippen molar-refractivity contribution >= 4 is 21.7 Å². The second-order valence-corrected chi connectivity index (χ2v) is 8.36. The minimum atomic E-state index is -3.22. The number of hydrogen-bond acceptors (Lipinski definition) is 5. The summed E-state index contributed by atoms with van der Waals surface area (Å²) in [7, 11) is -3.22. The number of sulfonamides is 1. The molecule has 1 aliphatic heterocycles. The molecule has 0 aliphatic carbocycles. The molecule has 3 rings (SSSR count). The number of nitrogens with zero attached hydrogens (tertiary/aromatic N) is 4. The van der Waals surface area contributed by atoms with Gasteiger partial charge in [0.15, 0.2) is 5.82 Å². The highest BCUT2D eigenvalue weighted by atomic mass is 32.2. The Morgan fingerprint density at radius 2 is 2.07 bits per heavy atom. The Labute approximate surface area is 158 Å². The smallest absolute Gasteiger partial charge is 0.321 e. The zero-order valence-electron chi connectivity index (χ0n) is 15.2. The Hall–Kier alpha value is -2.46. The van der Waals surface area contributed by atoms with Gasteiger partial charge in [-0.05, 0) is 37.5 Å². The van der Waals surface area contributed by atoms with Gasteiger partial charge in [-0.1, -0.05) is 6.92 Å². The molecule has 10 heteroatoms. The van der Waals surface area contributed by atoms with Crippen LogP contribution in [0.4, 0.5) is 10.5 Å². The maximum atomic E-state index is 12.4. The van der Waals surface area contributed by atoms with Crippen molar-refractivity contribution in [3.05, 3.63) is 36.8 Å². The van der Waals surface area contributed by atoms with Crippen LogP contribution in [-0.4, -0.2) is 59.0 Å². The molecule has 0 radical (unpaired) electrons. The van der Waals surface area contributed by atoms with Gasteiger partial charge in [-0.3, -0.25) is 0 Å². The highest BCUT2D eigenvalue weighted by molar-refractivity contribution is 7.89. The van der Waals surface area contributed by atoms with E-state index in [1.54, 1.807) is 40.3 Å². The molecule has 2 amide bonds. The topological polar surface area (TPSA) is 109 Å². The highest BCUT2D eigenvalue weighted by Gasteiger charge is 2.25. The molecule has 0 spiro atoms. The van der Waals surface area contributed by atoms with E-state index in [1.165, 1.54) is 0 Å². The Bertz CT molecular complexity index is 843. The fourth-order valence-electron chi connectivity index (χ4n) is 2.98. The van der Waals surface area contributed by atoms with Crippen LogP contribution in [0.25, 0.3) is 5.82 Å². The van der Waals surface area contributed by atoms with Crippen molar-refractivity contribution in [2.24, 2.45) is 0 Å². The van der Waals surface area contributed by atoms with Crippen LogP contribution in [0.15, 0.2) is 36.8 Å². The lowest BCUT2D eigenvalue weighted by Crippen LogP contribution is -2.48. The predicted octanol–water partition coefficient (Wildman–Crippen LogP) is 1.59. The van der Waals surface area contributed by atoms with Crippen LogP contribution in [0.3, 0.4) is 0 Å². The fraction of sp³-hybridized carbons (Fsp3) is 0.471. The van der Waals surface area contributed by atoms with Gasteiger partial charge in [0.05, 0.1) is 17.6 Å². The van der Waals surface area contributed by atoms with E-state index < -0.39 is 10.0 Å². The van der Waals surface area contributed by atoms with E-state index in [1.807, 2.05) is 13.0 Å². The molecular formula is C17H24N6O3S. The minimum absolute atomic E-state index is 0.111. The average molecular weight is 392 g/mol. The van der Waals surface area contributed by atoms with Crippen molar-refractivity contribution in [3.63, 3.8) is 0 Å². The van der Waals surface area contributed by atoms with E-state index in [0.717, 1.165) is 0 Å². The first-order valence-electron chi connectivity index (χ1n) is 8.99. The molecule has 2 aromatic heterocycles. The Balaban J connectivity index is 1.49. The second kappa shape index (κ2) is 8.49. The van der Waals surface area contributed by atoms with E-state index in [2.05, 4.69) is 20.1 Å². The number of hydrogen-bond donors (Lipinski definition) is 2. The standard InChI is InChI=1S/C17H24N6O3S/c1-2-12-27(25,26)21-14-6-10-22(11-7-14)17(24)20-15-4-5-16(18-13-15)23-9-3-8-19-23/h3-5,8-9,13-14,21H,2,6-7,10-12H2,1H3,(H,20,24). The lowest BCUT2D eigenvalue weighted by molar-refractivity contribution is 0.193. The van der Waals surface area contributed by atoms with E-state index in [9.17, 15) is 13.2 Å². The summed E-state index contributed by atoms with van der Waals surface area (Å²) in [5.41, 5.74) is 0.599. The van der Waals surface area contributed by atoms with E-state index >= 15 is 0 Å². The summed E-state index contributed by atoms with van der Waals surface area (Å²) in [4.78, 5) is 18.4. The van der Waals surface area contributed by atoms with Gasteiger partial charge in [-0.25, -0.2) is 27.6 Å². The summed E-state index contributed by atoms with van der Waals surface area (Å²) >= 11 is 0. The third kappa shape index (κ3) is 5.27.